The van der Waals surface area contributed by atoms with Gasteiger partial charge in [0.2, 0.25) is 0 Å². The van der Waals surface area contributed by atoms with E-state index in [0.717, 1.165) is 12.1 Å². The zero-order valence-electron chi connectivity index (χ0n) is 13.4. The Morgan fingerprint density at radius 1 is 1.04 bits per heavy atom. The van der Waals surface area contributed by atoms with E-state index in [1.54, 1.807) is 0 Å². The summed E-state index contributed by atoms with van der Waals surface area (Å²) in [5, 5.41) is 1.10. The number of imide groups is 1. The number of ether oxygens (including phenoxy) is 1. The molecule has 2 aromatic carbocycles. The number of nitrogens with zero attached hydrogens (tertiary/aromatic N) is 1. The van der Waals surface area contributed by atoms with Gasteiger partial charge in [0.25, 0.3) is 11.8 Å². The van der Waals surface area contributed by atoms with E-state index < -0.39 is 23.9 Å². The highest BCUT2D eigenvalue weighted by molar-refractivity contribution is 6.30. The third kappa shape index (κ3) is 4.21. The summed E-state index contributed by atoms with van der Waals surface area (Å²) in [4.78, 5) is 27.4. The molecule has 0 radical (unpaired) electrons. The molecule has 1 aromatic heterocycles. The van der Waals surface area contributed by atoms with E-state index in [0.29, 0.717) is 15.5 Å². The number of aromatic nitrogens is 1. The molecule has 10 heteroatoms. The van der Waals surface area contributed by atoms with Crippen LogP contribution in [0.2, 0.25) is 5.02 Å². The molecule has 3 aromatic rings. The van der Waals surface area contributed by atoms with Gasteiger partial charge >= 0.3 is 6.36 Å². The van der Waals surface area contributed by atoms with Gasteiger partial charge in [0, 0.05) is 21.5 Å². The third-order valence-corrected chi connectivity index (χ3v) is 3.84. The number of halogens is 4. The predicted molar refractivity (Wildman–Crippen MR) is 91.1 cm³/mol. The van der Waals surface area contributed by atoms with Crippen LogP contribution in [0.25, 0.3) is 10.9 Å². The summed E-state index contributed by atoms with van der Waals surface area (Å²) in [6.07, 6.45) is -4.83. The predicted octanol–water partition coefficient (Wildman–Crippen LogP) is 3.88. The average Bonchev–Trinajstić information content (AvgIpc) is 3.02. The number of amides is 2. The zero-order valence-corrected chi connectivity index (χ0v) is 14.1. The Kier molecular flexibility index (Phi) is 4.81. The topological polar surface area (TPSA) is 88.4 Å². The molecule has 0 unspecified atom stereocenters. The first-order valence-electron chi connectivity index (χ1n) is 7.41. The Labute approximate surface area is 155 Å². The van der Waals surface area contributed by atoms with Crippen molar-refractivity contribution in [2.75, 3.05) is 0 Å². The number of alkyl halides is 3. The number of carbonyl (C=O) groups is 2. The van der Waals surface area contributed by atoms with E-state index >= 15 is 0 Å². The van der Waals surface area contributed by atoms with Gasteiger partial charge in [-0.3, -0.25) is 9.59 Å². The molecule has 6 nitrogen and oxygen atoms in total. The van der Waals surface area contributed by atoms with Crippen molar-refractivity contribution in [3.05, 3.63) is 64.8 Å². The maximum absolute atomic E-state index is 12.4. The Bertz CT molecular complexity index is 1020. The van der Waals surface area contributed by atoms with Gasteiger partial charge in [-0.15, -0.1) is 13.2 Å². The van der Waals surface area contributed by atoms with Gasteiger partial charge in [0.15, 0.2) is 0 Å². The number of fused-ring (bicyclic) bond motifs is 1. The fraction of sp³-hybridized carbons (Fsp3) is 0.0588. The van der Waals surface area contributed by atoms with E-state index in [9.17, 15) is 22.8 Å². The minimum Gasteiger partial charge on any atom is -0.406 e. The molecule has 0 saturated heterocycles. The Morgan fingerprint density at radius 3 is 2.33 bits per heavy atom. The molecule has 1 heterocycles. The van der Waals surface area contributed by atoms with E-state index in [4.69, 9.17) is 17.4 Å². The number of hydrogen-bond donors (Lipinski definition) is 2. The van der Waals surface area contributed by atoms with Crippen LogP contribution in [-0.4, -0.2) is 28.2 Å². The SMILES string of the molecule is NN(C(=O)c1ccc(Cl)cc1)C(=O)c1cc2cc(OC(F)(F)F)ccc2[nH]1. The standard InChI is InChI=1S/C17H11ClF3N3O3/c18-11-3-1-9(2-4-11)15(25)24(22)16(26)14-8-10-7-12(27-17(19,20)21)5-6-13(10)23-14/h1-8,23H,22H2. The van der Waals surface area contributed by atoms with Crippen LogP contribution in [0.5, 0.6) is 5.75 Å². The highest BCUT2D eigenvalue weighted by Gasteiger charge is 2.31. The van der Waals surface area contributed by atoms with Crippen molar-refractivity contribution in [3.8, 4) is 5.75 Å². The maximum Gasteiger partial charge on any atom is 0.573 e. The number of hydrogen-bond acceptors (Lipinski definition) is 4. The number of nitrogens with one attached hydrogen (secondary N) is 1. The van der Waals surface area contributed by atoms with Gasteiger partial charge < -0.3 is 9.72 Å². The quantitative estimate of drug-likeness (QED) is 0.304. The monoisotopic (exact) mass is 397 g/mol. The molecule has 0 aliphatic rings. The fourth-order valence-electron chi connectivity index (χ4n) is 2.38. The van der Waals surface area contributed by atoms with Crippen LogP contribution in [0, 0.1) is 0 Å². The molecule has 0 spiro atoms. The minimum absolute atomic E-state index is 0.0704. The summed E-state index contributed by atoms with van der Waals surface area (Å²) >= 11 is 5.74. The summed E-state index contributed by atoms with van der Waals surface area (Å²) in [5.74, 6) is 3.55. The number of carbonyl (C=O) groups excluding carboxylic acids is 2. The molecule has 3 rings (SSSR count). The number of aromatic amines is 1. The summed E-state index contributed by atoms with van der Waals surface area (Å²) in [5.41, 5.74) is 0.450. The Hall–Kier alpha value is -3.04. The second-order valence-corrected chi connectivity index (χ2v) is 5.90. The van der Waals surface area contributed by atoms with Crippen LogP contribution >= 0.6 is 11.6 Å². The molecule has 0 fully saturated rings. The second kappa shape index (κ2) is 6.93. The molecule has 140 valence electrons. The molecule has 0 saturated carbocycles. The molecule has 0 bridgehead atoms. The van der Waals surface area contributed by atoms with Crippen molar-refractivity contribution in [1.82, 2.24) is 9.99 Å². The molecule has 2 amide bonds. The number of rotatable bonds is 3. The van der Waals surface area contributed by atoms with Gasteiger partial charge in [-0.1, -0.05) is 11.6 Å². The highest BCUT2D eigenvalue weighted by Crippen LogP contribution is 2.27. The van der Waals surface area contributed by atoms with E-state index in [2.05, 4.69) is 9.72 Å². The highest BCUT2D eigenvalue weighted by atomic mass is 35.5. The van der Waals surface area contributed by atoms with Crippen molar-refractivity contribution in [1.29, 1.82) is 0 Å². The molecule has 0 atom stereocenters. The molecule has 27 heavy (non-hydrogen) atoms. The lowest BCUT2D eigenvalue weighted by molar-refractivity contribution is -0.274. The van der Waals surface area contributed by atoms with E-state index in [1.807, 2.05) is 0 Å². The van der Waals surface area contributed by atoms with Gasteiger partial charge in [-0.2, -0.15) is 0 Å². The smallest absolute Gasteiger partial charge is 0.406 e. The summed E-state index contributed by atoms with van der Waals surface area (Å²) in [7, 11) is 0. The van der Waals surface area contributed by atoms with Gasteiger partial charge in [0.05, 0.1) is 0 Å². The number of benzene rings is 2. The first kappa shape index (κ1) is 18.7. The Morgan fingerprint density at radius 2 is 1.70 bits per heavy atom. The van der Waals surface area contributed by atoms with Crippen LogP contribution in [0.15, 0.2) is 48.5 Å². The summed E-state index contributed by atoms with van der Waals surface area (Å²) in [6, 6.07) is 10.5. The lowest BCUT2D eigenvalue weighted by Crippen LogP contribution is -2.42. The molecular weight excluding hydrogens is 387 g/mol. The van der Waals surface area contributed by atoms with Crippen LogP contribution < -0.4 is 10.6 Å². The third-order valence-electron chi connectivity index (χ3n) is 3.58. The van der Waals surface area contributed by atoms with Gasteiger partial charge in [0.1, 0.15) is 11.4 Å². The van der Waals surface area contributed by atoms with Crippen molar-refractivity contribution in [3.63, 3.8) is 0 Å². The lowest BCUT2D eigenvalue weighted by atomic mass is 10.2. The largest absolute Gasteiger partial charge is 0.573 e. The molecule has 0 aliphatic carbocycles. The van der Waals surface area contributed by atoms with E-state index in [-0.39, 0.29) is 16.6 Å². The van der Waals surface area contributed by atoms with Crippen molar-refractivity contribution in [2.24, 2.45) is 5.84 Å². The van der Waals surface area contributed by atoms with Crippen LogP contribution in [0.1, 0.15) is 20.8 Å². The molecule has 3 N–H and O–H groups in total. The molecular formula is C17H11ClF3N3O3. The first-order valence-corrected chi connectivity index (χ1v) is 7.79. The average molecular weight is 398 g/mol. The fourth-order valence-corrected chi connectivity index (χ4v) is 2.50. The van der Waals surface area contributed by atoms with Crippen molar-refractivity contribution in [2.45, 2.75) is 6.36 Å². The van der Waals surface area contributed by atoms with Crippen LogP contribution in [0.4, 0.5) is 13.2 Å². The van der Waals surface area contributed by atoms with Crippen molar-refractivity contribution >= 4 is 34.3 Å². The minimum atomic E-state index is -4.83. The summed E-state index contributed by atoms with van der Waals surface area (Å²) < 4.78 is 40.7. The van der Waals surface area contributed by atoms with Crippen molar-refractivity contribution < 1.29 is 27.5 Å². The lowest BCUT2D eigenvalue weighted by Gasteiger charge is -2.13. The van der Waals surface area contributed by atoms with Crippen LogP contribution in [0.3, 0.4) is 0 Å². The number of nitrogens with two attached hydrogens (primary N) is 1. The summed E-state index contributed by atoms with van der Waals surface area (Å²) in [6.45, 7) is 0. The van der Waals surface area contributed by atoms with Gasteiger partial charge in [-0.25, -0.2) is 10.9 Å². The molecule has 0 aliphatic heterocycles. The number of hydrazine groups is 1. The Balaban J connectivity index is 1.84. The first-order chi connectivity index (χ1) is 12.6. The second-order valence-electron chi connectivity index (χ2n) is 5.47. The van der Waals surface area contributed by atoms with E-state index in [1.165, 1.54) is 36.4 Å². The van der Waals surface area contributed by atoms with Crippen LogP contribution in [-0.2, 0) is 0 Å². The number of H-pyrrole nitrogens is 1. The zero-order chi connectivity index (χ0) is 19.8. The normalized spacial score (nSPS) is 11.4. The maximum atomic E-state index is 12.4. The van der Waals surface area contributed by atoms with Gasteiger partial charge in [-0.05, 0) is 48.5 Å².